The fourth-order valence-corrected chi connectivity index (χ4v) is 1.68. The summed E-state index contributed by atoms with van der Waals surface area (Å²) in [4.78, 5) is 11.8. The molecule has 2 aromatic carbocycles. The van der Waals surface area contributed by atoms with Gasteiger partial charge in [-0.1, -0.05) is 0 Å². The highest BCUT2D eigenvalue weighted by Gasteiger charge is 2.13. The van der Waals surface area contributed by atoms with Crippen LogP contribution in [0.2, 0.25) is 0 Å². The van der Waals surface area contributed by atoms with Gasteiger partial charge in [-0.3, -0.25) is 4.79 Å². The maximum absolute atomic E-state index is 13.4. The van der Waals surface area contributed by atoms with Crippen LogP contribution in [0.5, 0.6) is 0 Å². The topological polar surface area (TPSA) is 55.1 Å². The molecule has 0 bridgehead atoms. The van der Waals surface area contributed by atoms with Crippen molar-refractivity contribution in [2.75, 3.05) is 5.32 Å². The smallest absolute Gasteiger partial charge is 0.258 e. The highest BCUT2D eigenvalue weighted by Crippen LogP contribution is 2.17. The van der Waals surface area contributed by atoms with E-state index in [9.17, 15) is 18.0 Å². The van der Waals surface area contributed by atoms with E-state index in [0.717, 1.165) is 24.3 Å². The van der Waals surface area contributed by atoms with Gasteiger partial charge in [0.15, 0.2) is 0 Å². The van der Waals surface area contributed by atoms with Crippen molar-refractivity contribution < 1.29 is 18.0 Å². The first kappa shape index (κ1) is 14.1. The number of rotatable bonds is 3. The lowest BCUT2D eigenvalue weighted by atomic mass is 10.1. The lowest BCUT2D eigenvalue weighted by molar-refractivity contribution is 0.102. The molecule has 2 rings (SSSR count). The Morgan fingerprint density at radius 2 is 1.75 bits per heavy atom. The number of anilines is 1. The SMILES string of the molecule is NCc1cc(NC(=O)c2cc(F)ccc2F)ccc1F. The van der Waals surface area contributed by atoms with Gasteiger partial charge in [0.1, 0.15) is 17.5 Å². The highest BCUT2D eigenvalue weighted by atomic mass is 19.1. The number of carbonyl (C=O) groups excluding carboxylic acids is 1. The van der Waals surface area contributed by atoms with Crippen LogP contribution in [0.15, 0.2) is 36.4 Å². The molecule has 0 unspecified atom stereocenters. The molecule has 0 spiro atoms. The molecule has 6 heteroatoms. The molecular formula is C14H11F3N2O. The van der Waals surface area contributed by atoms with Gasteiger partial charge >= 0.3 is 0 Å². The molecule has 3 N–H and O–H groups in total. The summed E-state index contributed by atoms with van der Waals surface area (Å²) in [7, 11) is 0. The molecule has 0 saturated heterocycles. The fourth-order valence-electron chi connectivity index (χ4n) is 1.68. The van der Waals surface area contributed by atoms with E-state index in [4.69, 9.17) is 5.73 Å². The average molecular weight is 280 g/mol. The molecular weight excluding hydrogens is 269 g/mol. The molecule has 0 atom stereocenters. The van der Waals surface area contributed by atoms with Crippen LogP contribution in [-0.2, 0) is 6.54 Å². The van der Waals surface area contributed by atoms with Crippen LogP contribution in [0.3, 0.4) is 0 Å². The van der Waals surface area contributed by atoms with E-state index in [1.54, 1.807) is 0 Å². The van der Waals surface area contributed by atoms with E-state index in [-0.39, 0.29) is 17.8 Å². The van der Waals surface area contributed by atoms with Gasteiger partial charge in [0.25, 0.3) is 5.91 Å². The Hall–Kier alpha value is -2.34. The Kier molecular flexibility index (Phi) is 4.05. The quantitative estimate of drug-likeness (QED) is 0.908. The zero-order chi connectivity index (χ0) is 14.7. The average Bonchev–Trinajstić information content (AvgIpc) is 2.43. The fraction of sp³-hybridized carbons (Fsp3) is 0.0714. The second kappa shape index (κ2) is 5.75. The minimum Gasteiger partial charge on any atom is -0.326 e. The third-order valence-electron chi connectivity index (χ3n) is 2.70. The molecule has 0 aliphatic rings. The molecule has 104 valence electrons. The van der Waals surface area contributed by atoms with Gasteiger partial charge in [0, 0.05) is 17.8 Å². The van der Waals surface area contributed by atoms with Crippen molar-refractivity contribution in [1.29, 1.82) is 0 Å². The maximum Gasteiger partial charge on any atom is 0.258 e. The number of nitrogens with one attached hydrogen (secondary N) is 1. The van der Waals surface area contributed by atoms with Crippen LogP contribution in [0.1, 0.15) is 15.9 Å². The van der Waals surface area contributed by atoms with Gasteiger partial charge in [-0.15, -0.1) is 0 Å². The molecule has 1 amide bonds. The highest BCUT2D eigenvalue weighted by molar-refractivity contribution is 6.04. The van der Waals surface area contributed by atoms with Gasteiger partial charge in [0.2, 0.25) is 0 Å². The van der Waals surface area contributed by atoms with Crippen molar-refractivity contribution in [3.8, 4) is 0 Å². The molecule has 2 aromatic rings. The Balaban J connectivity index is 2.25. The third-order valence-corrected chi connectivity index (χ3v) is 2.70. The number of halogens is 3. The number of carbonyl (C=O) groups is 1. The molecule has 0 fully saturated rings. The van der Waals surface area contributed by atoms with E-state index in [1.807, 2.05) is 0 Å². The van der Waals surface area contributed by atoms with Crippen molar-refractivity contribution >= 4 is 11.6 Å². The van der Waals surface area contributed by atoms with E-state index < -0.39 is 28.9 Å². The molecule has 0 saturated carbocycles. The summed E-state index contributed by atoms with van der Waals surface area (Å²) in [6.07, 6.45) is 0. The monoisotopic (exact) mass is 280 g/mol. The molecule has 0 radical (unpaired) electrons. The maximum atomic E-state index is 13.4. The lowest BCUT2D eigenvalue weighted by Gasteiger charge is -2.08. The molecule has 0 aliphatic heterocycles. The Morgan fingerprint density at radius 1 is 1.05 bits per heavy atom. The normalized spacial score (nSPS) is 10.4. The Bertz CT molecular complexity index is 659. The summed E-state index contributed by atoms with van der Waals surface area (Å²) < 4.78 is 39.7. The van der Waals surface area contributed by atoms with Crippen LogP contribution in [-0.4, -0.2) is 5.91 Å². The number of nitrogens with two attached hydrogens (primary N) is 1. The summed E-state index contributed by atoms with van der Waals surface area (Å²) in [5.41, 5.74) is 5.38. The van der Waals surface area contributed by atoms with Crippen LogP contribution in [0.4, 0.5) is 18.9 Å². The van der Waals surface area contributed by atoms with E-state index in [2.05, 4.69) is 5.32 Å². The summed E-state index contributed by atoms with van der Waals surface area (Å²) in [6, 6.07) is 6.35. The van der Waals surface area contributed by atoms with Crippen molar-refractivity contribution in [1.82, 2.24) is 0 Å². The van der Waals surface area contributed by atoms with E-state index >= 15 is 0 Å². The van der Waals surface area contributed by atoms with Gasteiger partial charge < -0.3 is 11.1 Å². The van der Waals surface area contributed by atoms with Crippen LogP contribution >= 0.6 is 0 Å². The Labute approximate surface area is 113 Å². The predicted octanol–water partition coefficient (Wildman–Crippen LogP) is 2.81. The number of benzene rings is 2. The number of hydrogen-bond acceptors (Lipinski definition) is 2. The van der Waals surface area contributed by atoms with Crippen LogP contribution in [0, 0.1) is 17.5 Å². The number of amides is 1. The van der Waals surface area contributed by atoms with Crippen molar-refractivity contribution in [3.05, 3.63) is 65.0 Å². The van der Waals surface area contributed by atoms with Crippen molar-refractivity contribution in [3.63, 3.8) is 0 Å². The molecule has 3 nitrogen and oxygen atoms in total. The van der Waals surface area contributed by atoms with Crippen LogP contribution in [0.25, 0.3) is 0 Å². The van der Waals surface area contributed by atoms with E-state index in [1.165, 1.54) is 12.1 Å². The zero-order valence-electron chi connectivity index (χ0n) is 10.3. The van der Waals surface area contributed by atoms with Gasteiger partial charge in [0.05, 0.1) is 5.56 Å². The minimum absolute atomic E-state index is 0.0378. The largest absolute Gasteiger partial charge is 0.326 e. The second-order valence-electron chi connectivity index (χ2n) is 4.09. The predicted molar refractivity (Wildman–Crippen MR) is 68.6 cm³/mol. The van der Waals surface area contributed by atoms with Crippen molar-refractivity contribution in [2.24, 2.45) is 5.73 Å². The number of hydrogen-bond donors (Lipinski definition) is 2. The molecule has 0 heterocycles. The van der Waals surface area contributed by atoms with E-state index in [0.29, 0.717) is 0 Å². The molecule has 0 aliphatic carbocycles. The first-order valence-electron chi connectivity index (χ1n) is 5.76. The summed E-state index contributed by atoms with van der Waals surface area (Å²) in [5, 5.41) is 2.36. The Morgan fingerprint density at radius 3 is 2.45 bits per heavy atom. The second-order valence-corrected chi connectivity index (χ2v) is 4.09. The molecule has 0 aromatic heterocycles. The lowest BCUT2D eigenvalue weighted by Crippen LogP contribution is -2.14. The summed E-state index contributed by atoms with van der Waals surface area (Å²) >= 11 is 0. The first-order valence-corrected chi connectivity index (χ1v) is 5.76. The first-order chi connectivity index (χ1) is 9.51. The third kappa shape index (κ3) is 2.97. The van der Waals surface area contributed by atoms with Crippen molar-refractivity contribution in [2.45, 2.75) is 6.54 Å². The van der Waals surface area contributed by atoms with Gasteiger partial charge in [-0.25, -0.2) is 13.2 Å². The van der Waals surface area contributed by atoms with Crippen LogP contribution < -0.4 is 11.1 Å². The van der Waals surface area contributed by atoms with Gasteiger partial charge in [-0.2, -0.15) is 0 Å². The minimum atomic E-state index is -0.843. The molecule has 20 heavy (non-hydrogen) atoms. The summed E-state index contributed by atoms with van der Waals surface area (Å²) in [6.45, 7) is -0.0378. The summed E-state index contributed by atoms with van der Waals surface area (Å²) in [5.74, 6) is -2.89. The standard InChI is InChI=1S/C14H11F3N2O/c15-9-1-3-13(17)11(6-9)14(20)19-10-2-4-12(16)8(5-10)7-18/h1-6H,7,18H2,(H,19,20). The zero-order valence-corrected chi connectivity index (χ0v) is 10.3. The van der Waals surface area contributed by atoms with Gasteiger partial charge in [-0.05, 0) is 36.4 Å².